The van der Waals surface area contributed by atoms with Gasteiger partial charge in [-0.2, -0.15) is 16.9 Å². The van der Waals surface area contributed by atoms with Crippen molar-refractivity contribution >= 4 is 44.9 Å². The van der Waals surface area contributed by atoms with Gasteiger partial charge in [-0.05, 0) is 19.2 Å². The van der Waals surface area contributed by atoms with Crippen LogP contribution in [0.15, 0.2) is 12.3 Å². The van der Waals surface area contributed by atoms with Crippen LogP contribution in [-0.2, 0) is 0 Å². The monoisotopic (exact) mass is 282 g/mol. The maximum absolute atomic E-state index is 12.1. The van der Waals surface area contributed by atoms with Crippen LogP contribution in [0, 0.1) is 0 Å². The van der Waals surface area contributed by atoms with Gasteiger partial charge in [0.2, 0.25) is 0 Å². The summed E-state index contributed by atoms with van der Waals surface area (Å²) in [5.41, 5.74) is 6.45. The minimum atomic E-state index is -0.142. The molecule has 0 aromatic carbocycles. The number of hydrogen-bond donors (Lipinski definition) is 2. The normalized spacial score (nSPS) is 12.6. The Hall–Kier alpha value is -1.34. The lowest BCUT2D eigenvalue weighted by atomic mass is 10.2. The summed E-state index contributed by atoms with van der Waals surface area (Å²) >= 11 is 2.97. The molecule has 0 saturated carbocycles. The number of thiophene rings is 1. The van der Waals surface area contributed by atoms with Crippen molar-refractivity contribution in [1.29, 1.82) is 0 Å². The Kier molecular flexibility index (Phi) is 4.03. The first kappa shape index (κ1) is 13.1. The molecule has 0 spiro atoms. The Labute approximate surface area is 113 Å². The number of rotatable bonds is 4. The largest absolute Gasteiger partial charge is 0.397 e. The first-order valence-electron chi connectivity index (χ1n) is 5.43. The van der Waals surface area contributed by atoms with E-state index in [0.717, 1.165) is 11.1 Å². The summed E-state index contributed by atoms with van der Waals surface area (Å²) in [6, 6.07) is 1.89. The van der Waals surface area contributed by atoms with Crippen LogP contribution in [0.4, 0.5) is 5.69 Å². The van der Waals surface area contributed by atoms with Crippen molar-refractivity contribution in [3.05, 3.63) is 17.1 Å². The van der Waals surface area contributed by atoms with E-state index in [-0.39, 0.29) is 11.9 Å². The maximum Gasteiger partial charge on any atom is 0.263 e. The summed E-state index contributed by atoms with van der Waals surface area (Å²) in [6.45, 7) is 1.97. The molecule has 0 aliphatic heterocycles. The highest BCUT2D eigenvalue weighted by atomic mass is 32.2. The third kappa shape index (κ3) is 2.56. The van der Waals surface area contributed by atoms with Gasteiger partial charge >= 0.3 is 0 Å². The van der Waals surface area contributed by atoms with Gasteiger partial charge in [-0.15, -0.1) is 16.4 Å². The highest BCUT2D eigenvalue weighted by Crippen LogP contribution is 2.31. The second-order valence-corrected chi connectivity index (χ2v) is 5.83. The first-order valence-corrected chi connectivity index (χ1v) is 7.64. The number of carbonyl (C=O) groups is 1. The lowest BCUT2D eigenvalue weighted by Gasteiger charge is -2.11. The van der Waals surface area contributed by atoms with Gasteiger partial charge in [0.15, 0.2) is 0 Å². The number of aromatic nitrogens is 2. The van der Waals surface area contributed by atoms with Gasteiger partial charge in [0.05, 0.1) is 11.9 Å². The van der Waals surface area contributed by atoms with Crippen LogP contribution >= 0.6 is 23.1 Å². The van der Waals surface area contributed by atoms with Gasteiger partial charge in [0, 0.05) is 17.2 Å². The van der Waals surface area contributed by atoms with Gasteiger partial charge in [0.25, 0.3) is 5.91 Å². The number of thioether (sulfide) groups is 1. The molecule has 2 rings (SSSR count). The van der Waals surface area contributed by atoms with E-state index in [0.29, 0.717) is 15.4 Å². The number of carbonyl (C=O) groups excluding carboxylic acids is 1. The molecule has 18 heavy (non-hydrogen) atoms. The minimum absolute atomic E-state index is 0.114. The van der Waals surface area contributed by atoms with E-state index >= 15 is 0 Å². The Morgan fingerprint density at radius 3 is 3.11 bits per heavy atom. The first-order chi connectivity index (χ1) is 8.63. The smallest absolute Gasteiger partial charge is 0.263 e. The molecule has 7 heteroatoms. The fraction of sp³-hybridized carbons (Fsp3) is 0.364. The summed E-state index contributed by atoms with van der Waals surface area (Å²) in [5.74, 6) is 0.730. The molecule has 0 radical (unpaired) electrons. The maximum atomic E-state index is 12.1. The average Bonchev–Trinajstić information content (AvgIpc) is 2.68. The van der Waals surface area contributed by atoms with Crippen molar-refractivity contribution in [2.75, 3.05) is 17.7 Å². The molecule has 0 aliphatic carbocycles. The lowest BCUT2D eigenvalue weighted by Crippen LogP contribution is -2.34. The number of nitrogens with two attached hydrogens (primary N) is 1. The molecule has 2 aromatic rings. The van der Waals surface area contributed by atoms with Crippen LogP contribution in [0.3, 0.4) is 0 Å². The van der Waals surface area contributed by atoms with E-state index in [1.807, 2.05) is 13.2 Å². The van der Waals surface area contributed by atoms with Gasteiger partial charge in [0.1, 0.15) is 9.71 Å². The Morgan fingerprint density at radius 2 is 2.44 bits per heavy atom. The molecule has 96 valence electrons. The van der Waals surface area contributed by atoms with Crippen molar-refractivity contribution in [2.24, 2.45) is 0 Å². The summed E-state index contributed by atoms with van der Waals surface area (Å²) in [4.78, 5) is 13.3. The molecular weight excluding hydrogens is 268 g/mol. The summed E-state index contributed by atoms with van der Waals surface area (Å²) in [5, 5.41) is 11.5. The topological polar surface area (TPSA) is 80.9 Å². The van der Waals surface area contributed by atoms with Gasteiger partial charge in [-0.3, -0.25) is 4.79 Å². The van der Waals surface area contributed by atoms with E-state index in [4.69, 9.17) is 5.73 Å². The Morgan fingerprint density at radius 1 is 1.67 bits per heavy atom. The fourth-order valence-electron chi connectivity index (χ4n) is 1.62. The van der Waals surface area contributed by atoms with Crippen molar-refractivity contribution in [3.63, 3.8) is 0 Å². The number of nitrogens with one attached hydrogen (secondary N) is 1. The lowest BCUT2D eigenvalue weighted by molar-refractivity contribution is 0.0948. The van der Waals surface area contributed by atoms with E-state index in [9.17, 15) is 4.79 Å². The van der Waals surface area contributed by atoms with Crippen LogP contribution in [0.5, 0.6) is 0 Å². The minimum Gasteiger partial charge on any atom is -0.397 e. The van der Waals surface area contributed by atoms with E-state index in [1.165, 1.54) is 11.3 Å². The van der Waals surface area contributed by atoms with E-state index < -0.39 is 0 Å². The van der Waals surface area contributed by atoms with Crippen molar-refractivity contribution in [1.82, 2.24) is 15.5 Å². The SMILES string of the molecule is CSCC(C)NC(=O)c1sc2nnccc2c1N. The van der Waals surface area contributed by atoms with Crippen LogP contribution in [0.1, 0.15) is 16.6 Å². The van der Waals surface area contributed by atoms with E-state index in [2.05, 4.69) is 15.5 Å². The molecule has 0 saturated heterocycles. The number of nitrogens with zero attached hydrogens (tertiary/aromatic N) is 2. The zero-order valence-corrected chi connectivity index (χ0v) is 11.8. The van der Waals surface area contributed by atoms with Crippen LogP contribution in [-0.4, -0.2) is 34.2 Å². The summed E-state index contributed by atoms with van der Waals surface area (Å²) in [6.07, 6.45) is 3.58. The Balaban J connectivity index is 2.25. The molecule has 0 aliphatic rings. The zero-order chi connectivity index (χ0) is 13.1. The van der Waals surface area contributed by atoms with Crippen LogP contribution < -0.4 is 11.1 Å². The number of amides is 1. The van der Waals surface area contributed by atoms with Crippen LogP contribution in [0.2, 0.25) is 0 Å². The molecule has 1 unspecified atom stereocenters. The second kappa shape index (κ2) is 5.53. The number of anilines is 1. The van der Waals surface area contributed by atoms with Gasteiger partial charge in [-0.25, -0.2) is 0 Å². The third-order valence-corrected chi connectivity index (χ3v) is 4.36. The predicted octanol–water partition coefficient (Wildman–Crippen LogP) is 1.75. The third-order valence-electron chi connectivity index (χ3n) is 2.42. The molecule has 0 bridgehead atoms. The summed E-state index contributed by atoms with van der Waals surface area (Å²) in [7, 11) is 0. The number of hydrogen-bond acceptors (Lipinski definition) is 6. The molecule has 0 fully saturated rings. The average molecular weight is 282 g/mol. The van der Waals surface area contributed by atoms with Crippen molar-refractivity contribution in [3.8, 4) is 0 Å². The summed E-state index contributed by atoms with van der Waals surface area (Å²) < 4.78 is 0. The fourth-order valence-corrected chi connectivity index (χ4v) is 3.15. The second-order valence-electron chi connectivity index (χ2n) is 3.92. The van der Waals surface area contributed by atoms with Crippen molar-refractivity contribution < 1.29 is 4.79 Å². The standard InChI is InChI=1S/C11H14N4OS2/c1-6(5-17-2)14-10(16)9-8(12)7-3-4-13-15-11(7)18-9/h3-4,6H,5,12H2,1-2H3,(H,14,16). The van der Waals surface area contributed by atoms with Crippen molar-refractivity contribution in [2.45, 2.75) is 13.0 Å². The quantitative estimate of drug-likeness (QED) is 0.893. The molecule has 2 aromatic heterocycles. The van der Waals surface area contributed by atoms with Crippen LogP contribution in [0.25, 0.3) is 10.2 Å². The highest BCUT2D eigenvalue weighted by Gasteiger charge is 2.18. The molecule has 5 nitrogen and oxygen atoms in total. The van der Waals surface area contributed by atoms with Gasteiger partial charge < -0.3 is 11.1 Å². The molecule has 2 heterocycles. The number of nitrogen functional groups attached to an aromatic ring is 1. The number of fused-ring (bicyclic) bond motifs is 1. The van der Waals surface area contributed by atoms with E-state index in [1.54, 1.807) is 24.0 Å². The molecule has 1 atom stereocenters. The Bertz CT molecular complexity index is 569. The predicted molar refractivity (Wildman–Crippen MR) is 77.1 cm³/mol. The highest BCUT2D eigenvalue weighted by molar-refractivity contribution is 7.98. The molecular formula is C11H14N4OS2. The molecule has 3 N–H and O–H groups in total. The molecule has 1 amide bonds. The zero-order valence-electron chi connectivity index (χ0n) is 10.1. The van der Waals surface area contributed by atoms with Gasteiger partial charge in [-0.1, -0.05) is 0 Å².